The lowest BCUT2D eigenvalue weighted by molar-refractivity contribution is 0.00794. The lowest BCUT2D eigenvalue weighted by Crippen LogP contribution is -2.34. The van der Waals surface area contributed by atoms with Crippen LogP contribution in [0.3, 0.4) is 0 Å². The third kappa shape index (κ3) is 0.972. The van der Waals surface area contributed by atoms with Gasteiger partial charge in [0.1, 0.15) is 0 Å². The van der Waals surface area contributed by atoms with Gasteiger partial charge in [0.25, 0.3) is 0 Å². The third-order valence-corrected chi connectivity index (χ3v) is 1.74. The molecule has 0 saturated carbocycles. The Bertz CT molecular complexity index is 300. The van der Waals surface area contributed by atoms with Crippen LogP contribution in [0, 0.1) is 0 Å². The van der Waals surface area contributed by atoms with Gasteiger partial charge in [0.05, 0.1) is 6.54 Å². The van der Waals surface area contributed by atoms with Crippen molar-refractivity contribution >= 4 is 6.03 Å². The molecule has 2 N–H and O–H groups in total. The second kappa shape index (κ2) is 2.41. The van der Waals surface area contributed by atoms with Crippen LogP contribution in [0.25, 0.3) is 0 Å². The van der Waals surface area contributed by atoms with E-state index in [9.17, 15) is 4.79 Å². The van der Waals surface area contributed by atoms with Gasteiger partial charge in [0.2, 0.25) is 0 Å². The van der Waals surface area contributed by atoms with Gasteiger partial charge >= 0.3 is 6.03 Å². The number of hydrogen-bond acceptors (Lipinski definition) is 2. The fourth-order valence-electron chi connectivity index (χ4n) is 1.15. The fraction of sp³-hybridized carbons (Fsp3) is 0.125. The molecule has 1 aliphatic heterocycles. The highest BCUT2D eigenvalue weighted by Crippen LogP contribution is 2.26. The van der Waals surface area contributed by atoms with E-state index in [1.165, 1.54) is 0 Å². The molecule has 4 nitrogen and oxygen atoms in total. The Morgan fingerprint density at radius 2 is 2.25 bits per heavy atom. The van der Waals surface area contributed by atoms with Crippen molar-refractivity contribution in [1.29, 1.82) is 0 Å². The third-order valence-electron chi connectivity index (χ3n) is 1.74. The summed E-state index contributed by atoms with van der Waals surface area (Å²) in [5, 5.41) is 1.13. The molecule has 4 heteroatoms. The molecule has 1 aliphatic rings. The van der Waals surface area contributed by atoms with Gasteiger partial charge in [-0.05, 0) is 6.07 Å². The lowest BCUT2D eigenvalue weighted by atomic mass is 10.2. The van der Waals surface area contributed by atoms with Gasteiger partial charge in [-0.2, -0.15) is 5.06 Å². The minimum atomic E-state index is -0.564. The van der Waals surface area contributed by atoms with Crippen molar-refractivity contribution in [2.75, 3.05) is 0 Å². The van der Waals surface area contributed by atoms with E-state index in [4.69, 9.17) is 10.6 Å². The molecule has 1 aromatic rings. The van der Waals surface area contributed by atoms with Crippen molar-refractivity contribution in [3.05, 3.63) is 29.8 Å². The zero-order valence-corrected chi connectivity index (χ0v) is 6.36. The SMILES string of the molecule is NC(=O)N1Cc2ccccc2O1. The highest BCUT2D eigenvalue weighted by atomic mass is 16.7. The van der Waals surface area contributed by atoms with Gasteiger partial charge in [0, 0.05) is 5.56 Å². The summed E-state index contributed by atoms with van der Waals surface area (Å²) in [5.41, 5.74) is 6.02. The predicted molar refractivity (Wildman–Crippen MR) is 42.2 cm³/mol. The minimum absolute atomic E-state index is 0.436. The number of carbonyl (C=O) groups is 1. The molecule has 0 aliphatic carbocycles. The number of nitrogens with zero attached hydrogens (tertiary/aromatic N) is 1. The highest BCUT2D eigenvalue weighted by molar-refractivity contribution is 5.71. The number of para-hydroxylation sites is 1. The van der Waals surface area contributed by atoms with Crippen molar-refractivity contribution in [3.63, 3.8) is 0 Å². The van der Waals surface area contributed by atoms with Crippen LogP contribution in [0.15, 0.2) is 24.3 Å². The van der Waals surface area contributed by atoms with Crippen LogP contribution >= 0.6 is 0 Å². The average Bonchev–Trinajstić information content (AvgIpc) is 2.46. The lowest BCUT2D eigenvalue weighted by Gasteiger charge is -2.09. The molecule has 0 unspecified atom stereocenters. The number of nitrogens with two attached hydrogens (primary N) is 1. The molecule has 1 aromatic carbocycles. The van der Waals surface area contributed by atoms with E-state index in [1.54, 1.807) is 6.07 Å². The van der Waals surface area contributed by atoms with Crippen LogP contribution in [0.2, 0.25) is 0 Å². The molecular formula is C8H8N2O2. The minimum Gasteiger partial charge on any atom is -0.375 e. The molecule has 1 heterocycles. The summed E-state index contributed by atoms with van der Waals surface area (Å²) in [7, 11) is 0. The van der Waals surface area contributed by atoms with E-state index in [0.29, 0.717) is 12.3 Å². The summed E-state index contributed by atoms with van der Waals surface area (Å²) >= 11 is 0. The smallest absolute Gasteiger partial charge is 0.348 e. The molecule has 12 heavy (non-hydrogen) atoms. The van der Waals surface area contributed by atoms with Crippen molar-refractivity contribution in [2.24, 2.45) is 5.73 Å². The maximum atomic E-state index is 10.7. The van der Waals surface area contributed by atoms with E-state index >= 15 is 0 Å². The first kappa shape index (κ1) is 6.97. The number of amides is 2. The molecule has 0 spiro atoms. The molecule has 0 aromatic heterocycles. The monoisotopic (exact) mass is 164 g/mol. The topological polar surface area (TPSA) is 55.6 Å². The van der Waals surface area contributed by atoms with Crippen LogP contribution in [0.5, 0.6) is 5.75 Å². The number of benzene rings is 1. The molecule has 0 radical (unpaired) electrons. The Kier molecular flexibility index (Phi) is 1.40. The van der Waals surface area contributed by atoms with Gasteiger partial charge in [-0.15, -0.1) is 0 Å². The van der Waals surface area contributed by atoms with Gasteiger partial charge < -0.3 is 10.6 Å². The first-order chi connectivity index (χ1) is 5.77. The van der Waals surface area contributed by atoms with E-state index in [1.807, 2.05) is 18.2 Å². The molecule has 0 saturated heterocycles. The number of carbonyl (C=O) groups excluding carboxylic acids is 1. The number of hydrogen-bond donors (Lipinski definition) is 1. The summed E-state index contributed by atoms with van der Waals surface area (Å²) in [6.07, 6.45) is 0. The molecule has 2 rings (SSSR count). The number of rotatable bonds is 0. The van der Waals surface area contributed by atoms with E-state index < -0.39 is 6.03 Å². The fourth-order valence-corrected chi connectivity index (χ4v) is 1.15. The molecule has 2 amide bonds. The Morgan fingerprint density at radius 1 is 1.50 bits per heavy atom. The standard InChI is InChI=1S/C8H8N2O2/c9-8(11)10-5-6-3-1-2-4-7(6)12-10/h1-4H,5H2,(H2,9,11). The maximum Gasteiger partial charge on any atom is 0.348 e. The van der Waals surface area contributed by atoms with Crippen LogP contribution in [0.1, 0.15) is 5.56 Å². The van der Waals surface area contributed by atoms with Crippen molar-refractivity contribution < 1.29 is 9.63 Å². The van der Waals surface area contributed by atoms with Crippen molar-refractivity contribution in [2.45, 2.75) is 6.54 Å². The molecule has 0 bridgehead atoms. The van der Waals surface area contributed by atoms with Crippen LogP contribution in [0.4, 0.5) is 4.79 Å². The first-order valence-corrected chi connectivity index (χ1v) is 3.60. The van der Waals surface area contributed by atoms with Crippen LogP contribution < -0.4 is 10.6 Å². The summed E-state index contributed by atoms with van der Waals surface area (Å²) in [5.74, 6) is 0.705. The Hall–Kier alpha value is -1.71. The predicted octanol–water partition coefficient (Wildman–Crippen LogP) is 0.875. The average molecular weight is 164 g/mol. The van der Waals surface area contributed by atoms with Gasteiger partial charge in [-0.1, -0.05) is 18.2 Å². The number of fused-ring (bicyclic) bond motifs is 1. The Labute approximate surface area is 69.5 Å². The summed E-state index contributed by atoms with van der Waals surface area (Å²) in [6.45, 7) is 0.436. The second-order valence-electron chi connectivity index (χ2n) is 2.57. The Morgan fingerprint density at radius 3 is 2.92 bits per heavy atom. The number of hydroxylamine groups is 2. The van der Waals surface area contributed by atoms with E-state index in [-0.39, 0.29) is 0 Å². The van der Waals surface area contributed by atoms with E-state index in [0.717, 1.165) is 10.6 Å². The number of primary amides is 1. The highest BCUT2D eigenvalue weighted by Gasteiger charge is 2.22. The van der Waals surface area contributed by atoms with Crippen molar-refractivity contribution in [3.8, 4) is 5.75 Å². The van der Waals surface area contributed by atoms with Gasteiger partial charge in [-0.25, -0.2) is 4.79 Å². The quantitative estimate of drug-likeness (QED) is 0.618. The van der Waals surface area contributed by atoms with Crippen LogP contribution in [-0.4, -0.2) is 11.1 Å². The molecule has 62 valence electrons. The second-order valence-corrected chi connectivity index (χ2v) is 2.57. The summed E-state index contributed by atoms with van der Waals surface area (Å²) < 4.78 is 0. The zero-order valence-electron chi connectivity index (χ0n) is 6.36. The van der Waals surface area contributed by atoms with Gasteiger partial charge in [-0.3, -0.25) is 0 Å². The van der Waals surface area contributed by atoms with Gasteiger partial charge in [0.15, 0.2) is 5.75 Å². The first-order valence-electron chi connectivity index (χ1n) is 3.60. The largest absolute Gasteiger partial charge is 0.375 e. The Balaban J connectivity index is 2.27. The summed E-state index contributed by atoms with van der Waals surface area (Å²) in [4.78, 5) is 15.8. The summed E-state index contributed by atoms with van der Waals surface area (Å²) in [6, 6.07) is 6.89. The normalized spacial score (nSPS) is 13.8. The van der Waals surface area contributed by atoms with E-state index in [2.05, 4.69) is 0 Å². The van der Waals surface area contributed by atoms with Crippen molar-refractivity contribution in [1.82, 2.24) is 5.06 Å². The molecular weight excluding hydrogens is 156 g/mol. The van der Waals surface area contributed by atoms with Crippen LogP contribution in [-0.2, 0) is 6.54 Å². The molecule has 0 fully saturated rings. The molecule has 0 atom stereocenters. The zero-order chi connectivity index (χ0) is 8.55. The number of urea groups is 1. The maximum absolute atomic E-state index is 10.7.